The molecule has 6 heteroatoms. The molecule has 2 heterocycles. The SMILES string of the molecule is CC1(c2ccc(Cl)cc2)CCN(C(=O)c2ccc(=O)n(Cc3ccccc3)n2)CC1. The molecule has 2 aromatic carbocycles. The number of piperidine rings is 1. The zero-order valence-corrected chi connectivity index (χ0v) is 17.7. The number of halogens is 1. The number of likely N-dealkylation sites (tertiary alicyclic amines) is 1. The summed E-state index contributed by atoms with van der Waals surface area (Å²) in [5, 5.41) is 5.07. The van der Waals surface area contributed by atoms with Crippen molar-refractivity contribution in [3.05, 3.63) is 98.9 Å². The number of carbonyl (C=O) groups excluding carboxylic acids is 1. The van der Waals surface area contributed by atoms with Crippen LogP contribution in [-0.4, -0.2) is 33.7 Å². The minimum atomic E-state index is -0.218. The van der Waals surface area contributed by atoms with Crippen LogP contribution in [0.25, 0.3) is 0 Å². The minimum Gasteiger partial charge on any atom is -0.337 e. The number of aromatic nitrogens is 2. The van der Waals surface area contributed by atoms with Gasteiger partial charge >= 0.3 is 0 Å². The summed E-state index contributed by atoms with van der Waals surface area (Å²) in [5.74, 6) is -0.130. The van der Waals surface area contributed by atoms with Crippen LogP contribution in [0.15, 0.2) is 71.5 Å². The molecule has 0 atom stereocenters. The zero-order chi connectivity index (χ0) is 21.1. The topological polar surface area (TPSA) is 55.2 Å². The lowest BCUT2D eigenvalue weighted by Gasteiger charge is -2.39. The van der Waals surface area contributed by atoms with E-state index < -0.39 is 0 Å². The molecule has 1 fully saturated rings. The predicted octanol–water partition coefficient (Wildman–Crippen LogP) is 4.14. The van der Waals surface area contributed by atoms with E-state index in [1.54, 1.807) is 0 Å². The molecule has 1 amide bonds. The first kappa shape index (κ1) is 20.4. The first-order chi connectivity index (χ1) is 14.4. The van der Waals surface area contributed by atoms with Gasteiger partial charge < -0.3 is 4.90 Å². The molecular formula is C24H24ClN3O2. The number of amides is 1. The van der Waals surface area contributed by atoms with Crippen LogP contribution in [0.4, 0.5) is 0 Å². The van der Waals surface area contributed by atoms with E-state index in [1.165, 1.54) is 22.4 Å². The van der Waals surface area contributed by atoms with E-state index in [0.717, 1.165) is 23.4 Å². The predicted molar refractivity (Wildman–Crippen MR) is 118 cm³/mol. The smallest absolute Gasteiger partial charge is 0.274 e. The molecule has 0 unspecified atom stereocenters. The summed E-state index contributed by atoms with van der Waals surface area (Å²) in [6, 6.07) is 20.6. The largest absolute Gasteiger partial charge is 0.337 e. The van der Waals surface area contributed by atoms with Crippen LogP contribution in [0, 0.1) is 0 Å². The maximum atomic E-state index is 13.0. The first-order valence-electron chi connectivity index (χ1n) is 10.1. The molecule has 0 radical (unpaired) electrons. The average Bonchev–Trinajstić information content (AvgIpc) is 2.76. The van der Waals surface area contributed by atoms with E-state index in [0.29, 0.717) is 25.3 Å². The van der Waals surface area contributed by atoms with Crippen molar-refractivity contribution in [2.75, 3.05) is 13.1 Å². The van der Waals surface area contributed by atoms with Gasteiger partial charge in [-0.05, 0) is 47.6 Å². The molecule has 5 nitrogen and oxygen atoms in total. The normalized spacial score (nSPS) is 15.7. The standard InChI is InChI=1S/C24H24ClN3O2/c1-24(19-7-9-20(25)10-8-19)13-15-27(16-14-24)23(30)21-11-12-22(29)28(26-21)17-18-5-3-2-4-6-18/h2-12H,13-17H2,1H3. The highest BCUT2D eigenvalue weighted by molar-refractivity contribution is 6.30. The fourth-order valence-electron chi connectivity index (χ4n) is 3.94. The van der Waals surface area contributed by atoms with E-state index in [2.05, 4.69) is 24.2 Å². The third-order valence-corrected chi connectivity index (χ3v) is 6.21. The van der Waals surface area contributed by atoms with Gasteiger partial charge in [-0.1, -0.05) is 61.0 Å². The fourth-order valence-corrected chi connectivity index (χ4v) is 4.06. The Kier molecular flexibility index (Phi) is 5.73. The Balaban J connectivity index is 1.47. The van der Waals surface area contributed by atoms with Crippen LogP contribution in [0.5, 0.6) is 0 Å². The Labute approximate surface area is 180 Å². The van der Waals surface area contributed by atoms with E-state index in [9.17, 15) is 9.59 Å². The van der Waals surface area contributed by atoms with Crippen LogP contribution in [0.3, 0.4) is 0 Å². The molecule has 1 aliphatic rings. The Morgan fingerprint density at radius 2 is 1.67 bits per heavy atom. The van der Waals surface area contributed by atoms with E-state index in [-0.39, 0.29) is 16.9 Å². The number of hydrogen-bond acceptors (Lipinski definition) is 3. The summed E-state index contributed by atoms with van der Waals surface area (Å²) in [6.45, 7) is 3.88. The van der Waals surface area contributed by atoms with Gasteiger partial charge in [-0.2, -0.15) is 5.10 Å². The van der Waals surface area contributed by atoms with Gasteiger partial charge in [-0.15, -0.1) is 0 Å². The van der Waals surface area contributed by atoms with Gasteiger partial charge in [-0.25, -0.2) is 4.68 Å². The van der Waals surface area contributed by atoms with E-state index >= 15 is 0 Å². The van der Waals surface area contributed by atoms with Crippen molar-refractivity contribution >= 4 is 17.5 Å². The number of benzene rings is 2. The molecule has 0 aliphatic carbocycles. The van der Waals surface area contributed by atoms with Gasteiger partial charge in [0.05, 0.1) is 6.54 Å². The quantitative estimate of drug-likeness (QED) is 0.636. The van der Waals surface area contributed by atoms with Crippen molar-refractivity contribution < 1.29 is 4.79 Å². The van der Waals surface area contributed by atoms with Crippen molar-refractivity contribution in [1.82, 2.24) is 14.7 Å². The molecule has 1 aliphatic heterocycles. The molecule has 30 heavy (non-hydrogen) atoms. The lowest BCUT2D eigenvalue weighted by molar-refractivity contribution is 0.0667. The summed E-state index contributed by atoms with van der Waals surface area (Å²) in [4.78, 5) is 27.1. The number of nitrogens with zero attached hydrogens (tertiary/aromatic N) is 3. The van der Waals surface area contributed by atoms with Crippen LogP contribution in [-0.2, 0) is 12.0 Å². The van der Waals surface area contributed by atoms with Gasteiger partial charge in [0.25, 0.3) is 11.5 Å². The second kappa shape index (κ2) is 8.44. The van der Waals surface area contributed by atoms with Crippen LogP contribution in [0.2, 0.25) is 5.02 Å². The number of hydrogen-bond donors (Lipinski definition) is 0. The number of carbonyl (C=O) groups is 1. The summed E-state index contributed by atoms with van der Waals surface area (Å²) >= 11 is 6.02. The van der Waals surface area contributed by atoms with E-state index in [1.807, 2.05) is 47.4 Å². The van der Waals surface area contributed by atoms with Gasteiger partial charge in [0, 0.05) is 24.2 Å². The maximum Gasteiger partial charge on any atom is 0.274 e. The first-order valence-corrected chi connectivity index (χ1v) is 10.5. The Bertz CT molecular complexity index is 1090. The highest BCUT2D eigenvalue weighted by Crippen LogP contribution is 2.35. The molecule has 3 aromatic rings. The van der Waals surface area contributed by atoms with Crippen molar-refractivity contribution in [3.8, 4) is 0 Å². The minimum absolute atomic E-state index is 0.0148. The molecule has 0 spiro atoms. The lowest BCUT2D eigenvalue weighted by Crippen LogP contribution is -2.44. The molecule has 154 valence electrons. The Hall–Kier alpha value is -2.92. The second-order valence-corrected chi connectivity index (χ2v) is 8.50. The van der Waals surface area contributed by atoms with Gasteiger partial charge in [0.2, 0.25) is 0 Å². The highest BCUT2D eigenvalue weighted by atomic mass is 35.5. The summed E-state index contributed by atoms with van der Waals surface area (Å²) in [7, 11) is 0. The molecule has 1 aromatic heterocycles. The number of rotatable bonds is 4. The van der Waals surface area contributed by atoms with Crippen molar-refractivity contribution in [3.63, 3.8) is 0 Å². The molecule has 1 saturated heterocycles. The van der Waals surface area contributed by atoms with Gasteiger partial charge in [-0.3, -0.25) is 9.59 Å². The summed E-state index contributed by atoms with van der Waals surface area (Å²) in [6.07, 6.45) is 1.73. The van der Waals surface area contributed by atoms with Gasteiger partial charge in [0.1, 0.15) is 5.69 Å². The Morgan fingerprint density at radius 1 is 1.00 bits per heavy atom. The van der Waals surface area contributed by atoms with Crippen LogP contribution < -0.4 is 5.56 Å². The Morgan fingerprint density at radius 3 is 2.33 bits per heavy atom. The van der Waals surface area contributed by atoms with Crippen LogP contribution in [0.1, 0.15) is 41.4 Å². The highest BCUT2D eigenvalue weighted by Gasteiger charge is 2.34. The van der Waals surface area contributed by atoms with E-state index in [4.69, 9.17) is 11.6 Å². The third-order valence-electron chi connectivity index (χ3n) is 5.96. The van der Waals surface area contributed by atoms with Crippen LogP contribution >= 0.6 is 11.6 Å². The monoisotopic (exact) mass is 421 g/mol. The molecule has 0 N–H and O–H groups in total. The molecule has 4 rings (SSSR count). The summed E-state index contributed by atoms with van der Waals surface area (Å²) < 4.78 is 1.35. The van der Waals surface area contributed by atoms with Gasteiger partial charge in [0.15, 0.2) is 0 Å². The maximum absolute atomic E-state index is 13.0. The second-order valence-electron chi connectivity index (χ2n) is 8.06. The lowest BCUT2D eigenvalue weighted by atomic mass is 9.74. The third kappa shape index (κ3) is 4.31. The van der Waals surface area contributed by atoms with Crippen molar-refractivity contribution in [2.24, 2.45) is 0 Å². The molecule has 0 bridgehead atoms. The zero-order valence-electron chi connectivity index (χ0n) is 16.9. The summed E-state index contributed by atoms with van der Waals surface area (Å²) in [5.41, 5.74) is 2.31. The van der Waals surface area contributed by atoms with Crippen molar-refractivity contribution in [1.29, 1.82) is 0 Å². The molecular weight excluding hydrogens is 398 g/mol. The fraction of sp³-hybridized carbons (Fsp3) is 0.292. The van der Waals surface area contributed by atoms with Crippen molar-refractivity contribution in [2.45, 2.75) is 31.7 Å². The average molecular weight is 422 g/mol. The molecule has 0 saturated carbocycles.